The Labute approximate surface area is 237 Å². The van der Waals surface area contributed by atoms with E-state index in [-0.39, 0.29) is 4.95 Å². The third kappa shape index (κ3) is 5.12. The number of nitrogens with zero attached hydrogens (tertiary/aromatic N) is 2. The van der Waals surface area contributed by atoms with Crippen molar-refractivity contribution in [2.45, 2.75) is 86.0 Å². The normalized spacial score (nSPS) is 20.3. The summed E-state index contributed by atoms with van der Waals surface area (Å²) < 4.78 is 1.06. The minimum Gasteiger partial charge on any atom is -0.355 e. The predicted octanol–water partition coefficient (Wildman–Crippen LogP) is 7.42. The van der Waals surface area contributed by atoms with Crippen molar-refractivity contribution < 1.29 is 0 Å². The summed E-state index contributed by atoms with van der Waals surface area (Å²) in [5.74, 6) is 0. The molecule has 37 heavy (non-hydrogen) atoms. The second-order valence-electron chi connectivity index (χ2n) is 9.85. The standard InChI is InChI=1S/C31H38Br2N4/c1-9-20-17(6)25(14-29-22(11-3)19(8)30(32)37-29)35-27(20)13-24-16(5)21(10-2)28(34-24)15-26-18(7)23(12-4)31(33)36-26/h13-15,31,35,37H,9-12H2,1-8H3/b25-14-,27-13-,28-15-. The smallest absolute Gasteiger partial charge is 0.127 e. The summed E-state index contributed by atoms with van der Waals surface area (Å²) >= 11 is 7.39. The van der Waals surface area contributed by atoms with E-state index in [0.29, 0.717) is 0 Å². The third-order valence-corrected chi connectivity index (χ3v) is 9.43. The Hall–Kier alpha value is -2.18. The average Bonchev–Trinajstić information content (AvgIpc) is 3.51. The second kappa shape index (κ2) is 11.3. The first-order chi connectivity index (χ1) is 17.6. The first kappa shape index (κ1) is 27.8. The van der Waals surface area contributed by atoms with E-state index in [1.807, 2.05) is 0 Å². The van der Waals surface area contributed by atoms with E-state index in [1.165, 1.54) is 44.5 Å². The lowest BCUT2D eigenvalue weighted by molar-refractivity contribution is 0.988. The highest BCUT2D eigenvalue weighted by molar-refractivity contribution is 9.10. The van der Waals surface area contributed by atoms with Crippen molar-refractivity contribution in [3.8, 4) is 0 Å². The number of aromatic nitrogens is 2. The number of H-pyrrole nitrogens is 2. The third-order valence-electron chi connectivity index (χ3n) is 7.88. The molecule has 2 aliphatic heterocycles. The zero-order chi connectivity index (χ0) is 27.0. The molecule has 0 saturated heterocycles. The molecule has 0 fully saturated rings. The second-order valence-corrected chi connectivity index (χ2v) is 11.5. The van der Waals surface area contributed by atoms with Crippen LogP contribution in [0.2, 0.25) is 0 Å². The maximum absolute atomic E-state index is 5.12. The Morgan fingerprint density at radius 1 is 0.757 bits per heavy atom. The van der Waals surface area contributed by atoms with Crippen LogP contribution in [-0.2, 0) is 12.8 Å². The van der Waals surface area contributed by atoms with E-state index < -0.39 is 0 Å². The average molecular weight is 626 g/mol. The molecule has 196 valence electrons. The van der Waals surface area contributed by atoms with Gasteiger partial charge in [0.2, 0.25) is 0 Å². The van der Waals surface area contributed by atoms with E-state index in [4.69, 9.17) is 9.98 Å². The molecule has 6 heteroatoms. The van der Waals surface area contributed by atoms with Gasteiger partial charge in [0, 0.05) is 16.4 Å². The first-order valence-corrected chi connectivity index (χ1v) is 15.1. The van der Waals surface area contributed by atoms with Gasteiger partial charge in [0.25, 0.3) is 0 Å². The fraction of sp³-hybridized carbons (Fsp3) is 0.419. The summed E-state index contributed by atoms with van der Waals surface area (Å²) in [6.45, 7) is 17.6. The summed E-state index contributed by atoms with van der Waals surface area (Å²) in [6, 6.07) is 0. The van der Waals surface area contributed by atoms with Crippen LogP contribution < -0.4 is 10.7 Å². The summed E-state index contributed by atoms with van der Waals surface area (Å²) in [7, 11) is 0. The summed E-state index contributed by atoms with van der Waals surface area (Å²) in [5, 5.41) is 2.29. The number of nitrogens with one attached hydrogen (secondary N) is 2. The van der Waals surface area contributed by atoms with Crippen LogP contribution in [0.1, 0.15) is 82.3 Å². The van der Waals surface area contributed by atoms with Crippen molar-refractivity contribution >= 4 is 55.4 Å². The maximum Gasteiger partial charge on any atom is 0.127 e. The SMILES string of the molecule is CCC1=C(C)C(/C=c2\[nH]/c(=C\c3[nH]c(Br)c(C)c3CC)c(C)c2CC)=NC/1=C\C1=NC(Br)C(CC)=C1C. The van der Waals surface area contributed by atoms with E-state index in [2.05, 4.69) is 115 Å². The van der Waals surface area contributed by atoms with Crippen LogP contribution in [0.5, 0.6) is 0 Å². The van der Waals surface area contributed by atoms with Crippen molar-refractivity contribution in [2.24, 2.45) is 9.98 Å². The molecule has 2 aromatic rings. The highest BCUT2D eigenvalue weighted by atomic mass is 79.9. The van der Waals surface area contributed by atoms with Crippen LogP contribution in [0.4, 0.5) is 0 Å². The molecule has 0 amide bonds. The van der Waals surface area contributed by atoms with Crippen molar-refractivity contribution in [1.29, 1.82) is 0 Å². The zero-order valence-corrected chi connectivity index (χ0v) is 26.5. The molecule has 4 rings (SSSR count). The Bertz CT molecular complexity index is 1520. The molecular formula is C31H38Br2N4. The molecule has 2 aliphatic rings. The lowest BCUT2D eigenvalue weighted by Crippen LogP contribution is -2.14. The van der Waals surface area contributed by atoms with Crippen LogP contribution in [0.3, 0.4) is 0 Å². The van der Waals surface area contributed by atoms with Gasteiger partial charge in [0.15, 0.2) is 0 Å². The highest BCUT2D eigenvalue weighted by Gasteiger charge is 2.24. The molecule has 0 bridgehead atoms. The number of rotatable bonds is 7. The number of hydrogen-bond donors (Lipinski definition) is 2. The Balaban J connectivity index is 1.82. The largest absolute Gasteiger partial charge is 0.355 e. The minimum atomic E-state index is 0.0805. The molecule has 0 radical (unpaired) electrons. The molecule has 0 spiro atoms. The molecule has 0 aliphatic carbocycles. The molecule has 0 saturated carbocycles. The highest BCUT2D eigenvalue weighted by Crippen LogP contribution is 2.33. The summed E-state index contributed by atoms with van der Waals surface area (Å²) in [4.78, 5) is 17.3. The van der Waals surface area contributed by atoms with E-state index >= 15 is 0 Å². The fourth-order valence-corrected chi connectivity index (χ4v) is 6.91. The Kier molecular flexibility index (Phi) is 8.49. The van der Waals surface area contributed by atoms with Gasteiger partial charge in [0.1, 0.15) is 4.95 Å². The van der Waals surface area contributed by atoms with Gasteiger partial charge in [-0.25, -0.2) is 4.99 Å². The van der Waals surface area contributed by atoms with Crippen LogP contribution in [0, 0.1) is 13.8 Å². The number of aliphatic imine (C=N–C) groups is 2. The van der Waals surface area contributed by atoms with Gasteiger partial charge < -0.3 is 9.97 Å². The molecular weight excluding hydrogens is 588 g/mol. The van der Waals surface area contributed by atoms with E-state index in [1.54, 1.807) is 0 Å². The minimum absolute atomic E-state index is 0.0805. The number of hydrogen-bond acceptors (Lipinski definition) is 2. The molecule has 2 N–H and O–H groups in total. The molecule has 1 atom stereocenters. The van der Waals surface area contributed by atoms with E-state index in [0.717, 1.165) is 63.8 Å². The van der Waals surface area contributed by atoms with Gasteiger partial charge in [-0.15, -0.1) is 0 Å². The Morgan fingerprint density at radius 3 is 2.05 bits per heavy atom. The predicted molar refractivity (Wildman–Crippen MR) is 166 cm³/mol. The maximum atomic E-state index is 5.12. The number of aromatic amines is 2. The van der Waals surface area contributed by atoms with Crippen LogP contribution in [0.25, 0.3) is 12.2 Å². The lowest BCUT2D eigenvalue weighted by atomic mass is 10.0. The lowest BCUT2D eigenvalue weighted by Gasteiger charge is -2.03. The zero-order valence-electron chi connectivity index (χ0n) is 23.3. The van der Waals surface area contributed by atoms with Crippen LogP contribution in [-0.4, -0.2) is 26.3 Å². The molecule has 4 heterocycles. The van der Waals surface area contributed by atoms with Gasteiger partial charge >= 0.3 is 0 Å². The number of allylic oxidation sites excluding steroid dienone is 4. The molecule has 4 nitrogen and oxygen atoms in total. The number of halogens is 2. The van der Waals surface area contributed by atoms with Crippen molar-refractivity contribution in [3.05, 3.63) is 77.3 Å². The molecule has 2 aromatic heterocycles. The van der Waals surface area contributed by atoms with Crippen molar-refractivity contribution in [1.82, 2.24) is 9.97 Å². The molecule has 0 aromatic carbocycles. The number of alkyl halides is 1. The Morgan fingerprint density at radius 2 is 1.46 bits per heavy atom. The van der Waals surface area contributed by atoms with Gasteiger partial charge in [-0.05, 0) is 132 Å². The van der Waals surface area contributed by atoms with Gasteiger partial charge in [-0.3, -0.25) is 4.99 Å². The molecule has 1 unspecified atom stereocenters. The van der Waals surface area contributed by atoms with E-state index in [9.17, 15) is 0 Å². The van der Waals surface area contributed by atoms with Crippen LogP contribution >= 0.6 is 31.9 Å². The van der Waals surface area contributed by atoms with Crippen molar-refractivity contribution in [3.63, 3.8) is 0 Å². The van der Waals surface area contributed by atoms with Gasteiger partial charge in [-0.1, -0.05) is 43.6 Å². The summed E-state index contributed by atoms with van der Waals surface area (Å²) in [5.41, 5.74) is 14.7. The van der Waals surface area contributed by atoms with Gasteiger partial charge in [0.05, 0.1) is 21.7 Å². The van der Waals surface area contributed by atoms with Crippen LogP contribution in [0.15, 0.2) is 48.7 Å². The fourth-order valence-electron chi connectivity index (χ4n) is 5.57. The topological polar surface area (TPSA) is 56.3 Å². The van der Waals surface area contributed by atoms with Crippen molar-refractivity contribution in [2.75, 3.05) is 0 Å². The van der Waals surface area contributed by atoms with Gasteiger partial charge in [-0.2, -0.15) is 0 Å². The quantitative estimate of drug-likeness (QED) is 0.238. The summed E-state index contributed by atoms with van der Waals surface area (Å²) in [6.07, 6.45) is 10.5. The first-order valence-electron chi connectivity index (χ1n) is 13.3. The monoisotopic (exact) mass is 624 g/mol.